The molecule has 1 aliphatic rings. The normalized spacial score (nSPS) is 17.3. The van der Waals surface area contributed by atoms with Crippen molar-refractivity contribution in [1.82, 2.24) is 0 Å². The summed E-state index contributed by atoms with van der Waals surface area (Å²) >= 11 is 0. The highest BCUT2D eigenvalue weighted by Crippen LogP contribution is 2.37. The summed E-state index contributed by atoms with van der Waals surface area (Å²) in [7, 11) is 0. The second kappa shape index (κ2) is 8.63. The number of carbonyl (C=O) groups is 1. The maximum absolute atomic E-state index is 15.0. The van der Waals surface area contributed by atoms with Crippen molar-refractivity contribution >= 4 is 5.97 Å². The summed E-state index contributed by atoms with van der Waals surface area (Å²) in [6.45, 7) is 3.91. The first-order chi connectivity index (χ1) is 13.0. The summed E-state index contributed by atoms with van der Waals surface area (Å²) < 4.78 is 20.2. The van der Waals surface area contributed by atoms with E-state index in [1.165, 1.54) is 18.4 Å². The van der Waals surface area contributed by atoms with Crippen molar-refractivity contribution in [3.05, 3.63) is 64.5 Å². The summed E-state index contributed by atoms with van der Waals surface area (Å²) in [6, 6.07) is 10.9. The zero-order valence-corrected chi connectivity index (χ0v) is 15.7. The van der Waals surface area contributed by atoms with Gasteiger partial charge in [-0.3, -0.25) is 10.1 Å². The average molecular weight is 372 g/mol. The topological polar surface area (TPSA) is 55.8 Å². The lowest BCUT2D eigenvalue weighted by atomic mass is 9.93. The van der Waals surface area contributed by atoms with Gasteiger partial charge < -0.3 is 4.74 Å². The number of benzene rings is 2. The van der Waals surface area contributed by atoms with E-state index in [9.17, 15) is 14.4 Å². The summed E-state index contributed by atoms with van der Waals surface area (Å²) in [4.78, 5) is 16.4. The molecule has 2 unspecified atom stereocenters. The van der Waals surface area contributed by atoms with Crippen LogP contribution in [-0.4, -0.2) is 11.2 Å². The van der Waals surface area contributed by atoms with Crippen molar-refractivity contribution in [2.75, 3.05) is 0 Å². The van der Waals surface area contributed by atoms with E-state index < -0.39 is 17.9 Å². The molecule has 27 heavy (non-hydrogen) atoms. The van der Waals surface area contributed by atoms with Gasteiger partial charge in [-0.05, 0) is 36.0 Å². The van der Waals surface area contributed by atoms with Gasteiger partial charge in [0.1, 0.15) is 6.10 Å². The van der Waals surface area contributed by atoms with Crippen LogP contribution in [-0.2, 0) is 22.5 Å². The SMILES string of the molecule is CCCCCc1ccc(C(OO)c2ccc3c(c2F)OC(=O)C(C)C3)cc1. The van der Waals surface area contributed by atoms with Crippen molar-refractivity contribution < 1.29 is 24.1 Å². The number of esters is 1. The standard InChI is InChI=1S/C22H25FO4/c1-3-4-5-6-15-7-9-16(10-8-15)20(27-25)18-12-11-17-13-14(2)22(24)26-21(17)19(18)23/h7-12,14,20,25H,3-6,13H2,1-2H3. The molecule has 0 aromatic heterocycles. The van der Waals surface area contributed by atoms with E-state index in [0.717, 1.165) is 12.8 Å². The van der Waals surface area contributed by atoms with E-state index in [0.29, 0.717) is 17.5 Å². The first-order valence-electron chi connectivity index (χ1n) is 9.47. The van der Waals surface area contributed by atoms with Gasteiger partial charge in [-0.1, -0.05) is 63.1 Å². The van der Waals surface area contributed by atoms with Gasteiger partial charge >= 0.3 is 5.97 Å². The van der Waals surface area contributed by atoms with Gasteiger partial charge in [0.2, 0.25) is 0 Å². The summed E-state index contributed by atoms with van der Waals surface area (Å²) in [5, 5.41) is 9.42. The molecule has 3 rings (SSSR count). The number of fused-ring (bicyclic) bond motifs is 1. The van der Waals surface area contributed by atoms with Crippen LogP contribution in [0.2, 0.25) is 0 Å². The highest BCUT2D eigenvalue weighted by molar-refractivity contribution is 5.78. The van der Waals surface area contributed by atoms with E-state index in [1.807, 2.05) is 24.3 Å². The van der Waals surface area contributed by atoms with Crippen LogP contribution in [0.15, 0.2) is 36.4 Å². The molecule has 2 aromatic carbocycles. The predicted molar refractivity (Wildman–Crippen MR) is 100 cm³/mol. The second-order valence-electron chi connectivity index (χ2n) is 7.17. The molecule has 1 N–H and O–H groups in total. The summed E-state index contributed by atoms with van der Waals surface area (Å²) in [5.41, 5.74) is 2.60. The molecule has 4 nitrogen and oxygen atoms in total. The maximum Gasteiger partial charge on any atom is 0.314 e. The minimum Gasteiger partial charge on any atom is -0.423 e. The van der Waals surface area contributed by atoms with Crippen molar-refractivity contribution in [2.45, 2.75) is 52.1 Å². The van der Waals surface area contributed by atoms with Crippen LogP contribution in [0, 0.1) is 11.7 Å². The molecule has 0 radical (unpaired) electrons. The Morgan fingerprint density at radius 3 is 2.63 bits per heavy atom. The Kier molecular flexibility index (Phi) is 6.24. The predicted octanol–water partition coefficient (Wildman–Crippen LogP) is 5.24. The van der Waals surface area contributed by atoms with Gasteiger partial charge in [0.25, 0.3) is 0 Å². The number of halogens is 1. The number of carbonyl (C=O) groups excluding carboxylic acids is 1. The van der Waals surface area contributed by atoms with Crippen LogP contribution in [0.1, 0.15) is 61.5 Å². The molecular weight excluding hydrogens is 347 g/mol. The van der Waals surface area contributed by atoms with Crippen molar-refractivity contribution in [3.63, 3.8) is 0 Å². The highest BCUT2D eigenvalue weighted by atomic mass is 19.1. The van der Waals surface area contributed by atoms with Crippen LogP contribution in [0.25, 0.3) is 0 Å². The van der Waals surface area contributed by atoms with Gasteiger partial charge in [-0.25, -0.2) is 9.28 Å². The van der Waals surface area contributed by atoms with Gasteiger partial charge in [0.15, 0.2) is 11.6 Å². The Bertz CT molecular complexity index is 801. The number of ether oxygens (including phenoxy) is 1. The third-order valence-corrected chi connectivity index (χ3v) is 5.08. The minimum absolute atomic E-state index is 0.0613. The van der Waals surface area contributed by atoms with Crippen molar-refractivity contribution in [1.29, 1.82) is 0 Å². The van der Waals surface area contributed by atoms with Gasteiger partial charge in [0, 0.05) is 5.56 Å². The van der Waals surface area contributed by atoms with Gasteiger partial charge in [0.05, 0.1) is 5.92 Å². The van der Waals surface area contributed by atoms with Crippen LogP contribution < -0.4 is 4.74 Å². The van der Waals surface area contributed by atoms with Crippen LogP contribution in [0.3, 0.4) is 0 Å². The minimum atomic E-state index is -0.988. The third kappa shape index (κ3) is 4.20. The zero-order chi connectivity index (χ0) is 19.4. The molecule has 2 aromatic rings. The zero-order valence-electron chi connectivity index (χ0n) is 15.7. The maximum atomic E-state index is 15.0. The van der Waals surface area contributed by atoms with Crippen molar-refractivity contribution in [2.24, 2.45) is 5.92 Å². The van der Waals surface area contributed by atoms with Crippen molar-refractivity contribution in [3.8, 4) is 5.75 Å². The molecule has 144 valence electrons. The molecule has 1 heterocycles. The number of unbranched alkanes of at least 4 members (excludes halogenated alkanes) is 2. The monoisotopic (exact) mass is 372 g/mol. The Hall–Kier alpha value is -2.24. The molecular formula is C22H25FO4. The van der Waals surface area contributed by atoms with Crippen LogP contribution >= 0.6 is 0 Å². The first-order valence-corrected chi connectivity index (χ1v) is 9.47. The lowest BCUT2D eigenvalue weighted by molar-refractivity contribution is -0.271. The van der Waals surface area contributed by atoms with E-state index in [2.05, 4.69) is 11.8 Å². The second-order valence-corrected chi connectivity index (χ2v) is 7.17. The molecule has 5 heteroatoms. The molecule has 0 spiro atoms. The highest BCUT2D eigenvalue weighted by Gasteiger charge is 2.30. The Labute approximate surface area is 158 Å². The number of aryl methyl sites for hydroxylation is 1. The summed E-state index contributed by atoms with van der Waals surface area (Å²) in [5.74, 6) is -1.48. The van der Waals surface area contributed by atoms with Crippen LogP contribution in [0.4, 0.5) is 4.39 Å². The fourth-order valence-corrected chi connectivity index (χ4v) is 3.43. The van der Waals surface area contributed by atoms with E-state index in [1.54, 1.807) is 19.1 Å². The van der Waals surface area contributed by atoms with Gasteiger partial charge in [-0.15, -0.1) is 0 Å². The fourth-order valence-electron chi connectivity index (χ4n) is 3.43. The lowest BCUT2D eigenvalue weighted by Gasteiger charge is -2.23. The third-order valence-electron chi connectivity index (χ3n) is 5.08. The van der Waals surface area contributed by atoms with Gasteiger partial charge in [-0.2, -0.15) is 0 Å². The van der Waals surface area contributed by atoms with E-state index in [4.69, 9.17) is 4.74 Å². The lowest BCUT2D eigenvalue weighted by Crippen LogP contribution is -2.26. The molecule has 0 bridgehead atoms. The molecule has 1 aliphatic heterocycles. The Balaban J connectivity index is 1.86. The summed E-state index contributed by atoms with van der Waals surface area (Å²) in [6.07, 6.45) is 3.90. The van der Waals surface area contributed by atoms with Crippen LogP contribution in [0.5, 0.6) is 5.75 Å². The van der Waals surface area contributed by atoms with E-state index >= 15 is 0 Å². The Morgan fingerprint density at radius 1 is 1.22 bits per heavy atom. The molecule has 0 fully saturated rings. The fraction of sp³-hybridized carbons (Fsp3) is 0.409. The largest absolute Gasteiger partial charge is 0.423 e. The average Bonchev–Trinajstić information content (AvgIpc) is 2.67. The smallest absolute Gasteiger partial charge is 0.314 e. The Morgan fingerprint density at radius 2 is 1.96 bits per heavy atom. The quantitative estimate of drug-likeness (QED) is 0.238. The number of rotatable bonds is 7. The molecule has 0 saturated heterocycles. The van der Waals surface area contributed by atoms with E-state index in [-0.39, 0.29) is 17.2 Å². The molecule has 2 atom stereocenters. The number of hydrogen-bond donors (Lipinski definition) is 1. The number of hydrogen-bond acceptors (Lipinski definition) is 4. The molecule has 0 aliphatic carbocycles. The molecule has 0 amide bonds. The molecule has 0 saturated carbocycles. The first kappa shape index (κ1) is 19.5.